The van der Waals surface area contributed by atoms with Gasteiger partial charge in [-0.25, -0.2) is 9.97 Å². The Bertz CT molecular complexity index is 827. The molecule has 6 nitrogen and oxygen atoms in total. The molecule has 0 radical (unpaired) electrons. The van der Waals surface area contributed by atoms with Crippen LogP contribution in [0.4, 0.5) is 0 Å². The van der Waals surface area contributed by atoms with Crippen LogP contribution in [0.15, 0.2) is 36.5 Å². The van der Waals surface area contributed by atoms with E-state index in [0.717, 1.165) is 49.3 Å². The maximum absolute atomic E-state index is 9.24. The molecule has 3 heterocycles. The first kappa shape index (κ1) is 17.0. The molecule has 2 fully saturated rings. The summed E-state index contributed by atoms with van der Waals surface area (Å²) >= 11 is 0. The van der Waals surface area contributed by atoms with Crippen LogP contribution in [-0.2, 0) is 11.3 Å². The van der Waals surface area contributed by atoms with Crippen LogP contribution in [0.2, 0.25) is 0 Å². The van der Waals surface area contributed by atoms with Gasteiger partial charge in [-0.05, 0) is 24.6 Å². The first-order valence-electron chi connectivity index (χ1n) is 8.96. The van der Waals surface area contributed by atoms with E-state index in [2.05, 4.69) is 20.9 Å². The molecule has 134 valence electrons. The van der Waals surface area contributed by atoms with Crippen molar-refractivity contribution >= 4 is 0 Å². The van der Waals surface area contributed by atoms with E-state index in [1.54, 1.807) is 6.20 Å². The predicted molar refractivity (Wildman–Crippen MR) is 95.5 cm³/mol. The number of ether oxygens (including phenoxy) is 2. The third-order valence-electron chi connectivity index (χ3n) is 5.05. The summed E-state index contributed by atoms with van der Waals surface area (Å²) in [6.07, 6.45) is 3.51. The summed E-state index contributed by atoms with van der Waals surface area (Å²) in [6.45, 7) is 5.13. The summed E-state index contributed by atoms with van der Waals surface area (Å²) in [5.41, 5.74) is 2.58. The first-order chi connectivity index (χ1) is 12.7. The normalized spacial score (nSPS) is 21.8. The molecule has 26 heavy (non-hydrogen) atoms. The minimum absolute atomic E-state index is 0.0825. The first-order valence-corrected chi connectivity index (χ1v) is 8.96. The lowest BCUT2D eigenvalue weighted by Crippen LogP contribution is -2.65. The molecule has 2 saturated heterocycles. The zero-order valence-corrected chi connectivity index (χ0v) is 14.9. The minimum atomic E-state index is -0.145. The third kappa shape index (κ3) is 3.55. The van der Waals surface area contributed by atoms with E-state index in [4.69, 9.17) is 9.47 Å². The number of rotatable bonds is 4. The van der Waals surface area contributed by atoms with E-state index in [1.165, 1.54) is 0 Å². The van der Waals surface area contributed by atoms with Crippen molar-refractivity contribution < 1.29 is 9.47 Å². The van der Waals surface area contributed by atoms with Crippen LogP contribution in [-0.4, -0.2) is 46.3 Å². The molecule has 1 aromatic heterocycles. The zero-order chi connectivity index (χ0) is 18.0. The number of nitriles is 1. The Morgan fingerprint density at radius 2 is 2.19 bits per heavy atom. The maximum Gasteiger partial charge on any atom is 0.316 e. The van der Waals surface area contributed by atoms with E-state index >= 15 is 0 Å². The van der Waals surface area contributed by atoms with E-state index in [1.807, 2.05) is 37.3 Å². The zero-order valence-electron chi connectivity index (χ0n) is 14.9. The van der Waals surface area contributed by atoms with Crippen LogP contribution in [0.3, 0.4) is 0 Å². The Morgan fingerprint density at radius 3 is 3.00 bits per heavy atom. The van der Waals surface area contributed by atoms with Crippen molar-refractivity contribution in [3.8, 4) is 12.1 Å². The van der Waals surface area contributed by atoms with Crippen molar-refractivity contribution in [3.63, 3.8) is 0 Å². The molecule has 1 atom stereocenters. The highest BCUT2D eigenvalue weighted by Gasteiger charge is 2.48. The summed E-state index contributed by atoms with van der Waals surface area (Å²) < 4.78 is 12.1. The number of hydrogen-bond donors (Lipinski definition) is 0. The van der Waals surface area contributed by atoms with Crippen molar-refractivity contribution in [2.45, 2.75) is 38.0 Å². The van der Waals surface area contributed by atoms with Crippen LogP contribution in [0.5, 0.6) is 6.01 Å². The molecule has 1 aromatic carbocycles. The van der Waals surface area contributed by atoms with Crippen molar-refractivity contribution in [3.05, 3.63) is 53.3 Å². The van der Waals surface area contributed by atoms with Crippen LogP contribution in [0.1, 0.15) is 29.7 Å². The largest absolute Gasteiger partial charge is 0.460 e. The second kappa shape index (κ2) is 7.02. The van der Waals surface area contributed by atoms with Gasteiger partial charge in [0, 0.05) is 44.4 Å². The van der Waals surface area contributed by atoms with Gasteiger partial charge in [0.25, 0.3) is 0 Å². The fraction of sp³-hybridized carbons (Fsp3) is 0.450. The van der Waals surface area contributed by atoms with Crippen molar-refractivity contribution in [1.29, 1.82) is 5.26 Å². The SMILES string of the molecule is Cc1ccnc(O[C@H]2CCOC3(C2)CN(Cc2ccccc2C#N)C3)n1. The van der Waals surface area contributed by atoms with Crippen LogP contribution in [0, 0.1) is 18.3 Å². The minimum Gasteiger partial charge on any atom is -0.460 e. The molecule has 0 bridgehead atoms. The van der Waals surface area contributed by atoms with E-state index in [9.17, 15) is 5.26 Å². The molecule has 2 aliphatic rings. The molecule has 6 heteroatoms. The predicted octanol–water partition coefficient (Wildman–Crippen LogP) is 2.47. The van der Waals surface area contributed by atoms with Crippen molar-refractivity contribution in [2.24, 2.45) is 0 Å². The summed E-state index contributed by atoms with van der Waals surface area (Å²) in [5.74, 6) is 0. The van der Waals surface area contributed by atoms with Crippen LogP contribution >= 0.6 is 0 Å². The molecule has 0 aliphatic carbocycles. The highest BCUT2D eigenvalue weighted by atomic mass is 16.5. The van der Waals surface area contributed by atoms with Gasteiger partial charge in [-0.3, -0.25) is 4.90 Å². The Balaban J connectivity index is 1.35. The van der Waals surface area contributed by atoms with Gasteiger partial charge in [0.2, 0.25) is 0 Å². The molecule has 0 unspecified atom stereocenters. The molecular formula is C20H22N4O2. The fourth-order valence-electron chi connectivity index (χ4n) is 3.82. The highest BCUT2D eigenvalue weighted by Crippen LogP contribution is 2.36. The lowest BCUT2D eigenvalue weighted by Gasteiger charge is -2.53. The molecule has 1 spiro atoms. The van der Waals surface area contributed by atoms with Gasteiger partial charge in [-0.2, -0.15) is 5.26 Å². The monoisotopic (exact) mass is 350 g/mol. The average Bonchev–Trinajstić information content (AvgIpc) is 2.61. The molecule has 2 aliphatic heterocycles. The van der Waals surface area contributed by atoms with Gasteiger partial charge < -0.3 is 9.47 Å². The number of likely N-dealkylation sites (tertiary alicyclic amines) is 1. The van der Waals surface area contributed by atoms with Crippen molar-refractivity contribution in [1.82, 2.24) is 14.9 Å². The Morgan fingerprint density at radius 1 is 1.35 bits per heavy atom. The molecule has 0 N–H and O–H groups in total. The van der Waals surface area contributed by atoms with E-state index in [-0.39, 0.29) is 11.7 Å². The quantitative estimate of drug-likeness (QED) is 0.844. The number of benzene rings is 1. The van der Waals surface area contributed by atoms with E-state index in [0.29, 0.717) is 12.6 Å². The van der Waals surface area contributed by atoms with Gasteiger partial charge in [0.15, 0.2) is 0 Å². The molecule has 2 aromatic rings. The van der Waals surface area contributed by atoms with Gasteiger partial charge in [-0.1, -0.05) is 18.2 Å². The third-order valence-corrected chi connectivity index (χ3v) is 5.05. The van der Waals surface area contributed by atoms with E-state index < -0.39 is 0 Å². The number of hydrogen-bond acceptors (Lipinski definition) is 6. The second-order valence-corrected chi connectivity index (χ2v) is 7.16. The molecule has 0 amide bonds. The number of aromatic nitrogens is 2. The number of nitrogens with zero attached hydrogens (tertiary/aromatic N) is 4. The fourth-order valence-corrected chi connectivity index (χ4v) is 3.82. The highest BCUT2D eigenvalue weighted by molar-refractivity contribution is 5.37. The lowest BCUT2D eigenvalue weighted by atomic mass is 9.84. The lowest BCUT2D eigenvalue weighted by molar-refractivity contribution is -0.188. The smallest absolute Gasteiger partial charge is 0.316 e. The van der Waals surface area contributed by atoms with Crippen molar-refractivity contribution in [2.75, 3.05) is 19.7 Å². The average molecular weight is 350 g/mol. The molecule has 0 saturated carbocycles. The topological polar surface area (TPSA) is 71.3 Å². The summed E-state index contributed by atoms with van der Waals surface area (Å²) in [5, 5.41) is 9.24. The van der Waals surface area contributed by atoms with Gasteiger partial charge in [0.05, 0.1) is 23.8 Å². The van der Waals surface area contributed by atoms with Gasteiger partial charge in [0.1, 0.15) is 6.10 Å². The Kier molecular flexibility index (Phi) is 4.58. The number of aryl methyl sites for hydroxylation is 1. The molecular weight excluding hydrogens is 328 g/mol. The summed E-state index contributed by atoms with van der Waals surface area (Å²) in [7, 11) is 0. The van der Waals surface area contributed by atoms with Gasteiger partial charge >= 0.3 is 6.01 Å². The second-order valence-electron chi connectivity index (χ2n) is 7.16. The maximum atomic E-state index is 9.24. The summed E-state index contributed by atoms with van der Waals surface area (Å²) in [4.78, 5) is 10.9. The van der Waals surface area contributed by atoms with Crippen LogP contribution < -0.4 is 4.74 Å². The molecule has 4 rings (SSSR count). The van der Waals surface area contributed by atoms with Crippen LogP contribution in [0.25, 0.3) is 0 Å². The Labute approximate surface area is 153 Å². The standard InChI is InChI=1S/C20H22N4O2/c1-15-6-8-22-19(23-15)26-18-7-9-25-20(10-18)13-24(14-20)12-17-5-3-2-4-16(17)11-21/h2-6,8,18H,7,9-10,12-14H2,1H3/t18-/m0/s1. The Hall–Kier alpha value is -2.49. The summed E-state index contributed by atoms with van der Waals surface area (Å²) in [6, 6.07) is 12.4. The van der Waals surface area contributed by atoms with Gasteiger partial charge in [-0.15, -0.1) is 0 Å².